The Labute approximate surface area is 127 Å². The molecule has 1 aromatic rings. The molecule has 1 aliphatic heterocycles. The van der Waals surface area contributed by atoms with E-state index in [9.17, 15) is 4.79 Å². The number of nitrogens with zero attached hydrogens (tertiary/aromatic N) is 1. The SMILES string of the molecule is O=C(NCCCN1CCCC1)c1ccc(Cl)cc1Br. The monoisotopic (exact) mass is 344 g/mol. The second-order valence-corrected chi connectivity index (χ2v) is 6.07. The van der Waals surface area contributed by atoms with E-state index in [1.165, 1.54) is 25.9 Å². The minimum atomic E-state index is -0.0510. The molecule has 1 N–H and O–H groups in total. The van der Waals surface area contributed by atoms with E-state index in [1.54, 1.807) is 18.2 Å². The summed E-state index contributed by atoms with van der Waals surface area (Å²) in [6, 6.07) is 5.20. The summed E-state index contributed by atoms with van der Waals surface area (Å²) in [7, 11) is 0. The Bertz CT molecular complexity index is 447. The zero-order valence-electron chi connectivity index (χ0n) is 10.8. The summed E-state index contributed by atoms with van der Waals surface area (Å²) < 4.78 is 0.733. The lowest BCUT2D eigenvalue weighted by molar-refractivity contribution is 0.0951. The van der Waals surface area contributed by atoms with E-state index in [2.05, 4.69) is 26.1 Å². The number of carbonyl (C=O) groups is 1. The predicted octanol–water partition coefficient (Wildman–Crippen LogP) is 3.32. The van der Waals surface area contributed by atoms with Crippen LogP contribution in [0.1, 0.15) is 29.6 Å². The lowest BCUT2D eigenvalue weighted by Gasteiger charge is -2.14. The van der Waals surface area contributed by atoms with Crippen molar-refractivity contribution in [2.45, 2.75) is 19.3 Å². The molecule has 104 valence electrons. The van der Waals surface area contributed by atoms with Crippen molar-refractivity contribution in [2.24, 2.45) is 0 Å². The number of nitrogens with one attached hydrogen (secondary N) is 1. The zero-order chi connectivity index (χ0) is 13.7. The molecule has 1 amide bonds. The van der Waals surface area contributed by atoms with Crippen molar-refractivity contribution in [3.63, 3.8) is 0 Å². The van der Waals surface area contributed by atoms with Crippen LogP contribution in [-0.2, 0) is 0 Å². The fourth-order valence-electron chi connectivity index (χ4n) is 2.28. The van der Waals surface area contributed by atoms with Gasteiger partial charge in [-0.3, -0.25) is 4.79 Å². The molecule has 2 rings (SSSR count). The van der Waals surface area contributed by atoms with E-state index in [4.69, 9.17) is 11.6 Å². The number of halogens is 2. The van der Waals surface area contributed by atoms with Gasteiger partial charge in [0.05, 0.1) is 5.56 Å². The van der Waals surface area contributed by atoms with Gasteiger partial charge in [0.2, 0.25) is 0 Å². The molecule has 1 fully saturated rings. The van der Waals surface area contributed by atoms with Crippen LogP contribution in [0.5, 0.6) is 0 Å². The van der Waals surface area contributed by atoms with Crippen molar-refractivity contribution in [3.05, 3.63) is 33.3 Å². The first kappa shape index (κ1) is 14.8. The van der Waals surface area contributed by atoms with Gasteiger partial charge in [0, 0.05) is 16.0 Å². The number of likely N-dealkylation sites (tertiary alicyclic amines) is 1. The fraction of sp³-hybridized carbons (Fsp3) is 0.500. The largest absolute Gasteiger partial charge is 0.352 e. The molecular formula is C14H18BrClN2O. The molecule has 5 heteroatoms. The molecular weight excluding hydrogens is 328 g/mol. The van der Waals surface area contributed by atoms with Crippen LogP contribution in [0.4, 0.5) is 0 Å². The summed E-state index contributed by atoms with van der Waals surface area (Å²) in [4.78, 5) is 14.4. The molecule has 1 heterocycles. The van der Waals surface area contributed by atoms with Crippen LogP contribution in [0.25, 0.3) is 0 Å². The third kappa shape index (κ3) is 4.48. The van der Waals surface area contributed by atoms with Crippen molar-refractivity contribution in [2.75, 3.05) is 26.2 Å². The lowest BCUT2D eigenvalue weighted by atomic mass is 10.2. The molecule has 3 nitrogen and oxygen atoms in total. The van der Waals surface area contributed by atoms with Crippen LogP contribution in [0.2, 0.25) is 5.02 Å². The molecule has 19 heavy (non-hydrogen) atoms. The van der Waals surface area contributed by atoms with Crippen molar-refractivity contribution in [3.8, 4) is 0 Å². The van der Waals surface area contributed by atoms with Crippen LogP contribution in [0.3, 0.4) is 0 Å². The van der Waals surface area contributed by atoms with Gasteiger partial charge in [-0.25, -0.2) is 0 Å². The zero-order valence-corrected chi connectivity index (χ0v) is 13.1. The van der Waals surface area contributed by atoms with Gasteiger partial charge in [-0.15, -0.1) is 0 Å². The Morgan fingerprint density at radius 1 is 1.37 bits per heavy atom. The van der Waals surface area contributed by atoms with Gasteiger partial charge in [-0.2, -0.15) is 0 Å². The minimum Gasteiger partial charge on any atom is -0.352 e. The molecule has 1 aromatic carbocycles. The maximum absolute atomic E-state index is 12.0. The van der Waals surface area contributed by atoms with Gasteiger partial charge in [0.25, 0.3) is 5.91 Å². The average Bonchev–Trinajstić information content (AvgIpc) is 2.87. The van der Waals surface area contributed by atoms with E-state index in [1.807, 2.05) is 0 Å². The summed E-state index contributed by atoms with van der Waals surface area (Å²) in [6.45, 7) is 4.19. The maximum atomic E-state index is 12.0. The molecule has 0 aliphatic carbocycles. The van der Waals surface area contributed by atoms with E-state index in [-0.39, 0.29) is 5.91 Å². The highest BCUT2D eigenvalue weighted by atomic mass is 79.9. The first-order valence-corrected chi connectivity index (χ1v) is 7.79. The van der Waals surface area contributed by atoms with Crippen LogP contribution in [0.15, 0.2) is 22.7 Å². The summed E-state index contributed by atoms with van der Waals surface area (Å²) in [5.74, 6) is -0.0510. The van der Waals surface area contributed by atoms with Crippen LogP contribution < -0.4 is 5.32 Å². The van der Waals surface area contributed by atoms with Crippen molar-refractivity contribution >= 4 is 33.4 Å². The number of hydrogen-bond donors (Lipinski definition) is 1. The Kier molecular flexibility index (Phi) is 5.67. The molecule has 1 saturated heterocycles. The first-order chi connectivity index (χ1) is 9.16. The van der Waals surface area contributed by atoms with Crippen molar-refractivity contribution in [1.82, 2.24) is 10.2 Å². The standard InChI is InChI=1S/C14H18BrClN2O/c15-13-10-11(16)4-5-12(13)14(19)17-6-3-9-18-7-1-2-8-18/h4-5,10H,1-3,6-9H2,(H,17,19). The summed E-state index contributed by atoms with van der Waals surface area (Å²) in [6.07, 6.45) is 3.62. The smallest absolute Gasteiger partial charge is 0.252 e. The third-order valence-corrected chi connectivity index (χ3v) is 4.20. The maximum Gasteiger partial charge on any atom is 0.252 e. The lowest BCUT2D eigenvalue weighted by Crippen LogP contribution is -2.28. The van der Waals surface area contributed by atoms with Gasteiger partial charge >= 0.3 is 0 Å². The Balaban J connectivity index is 1.74. The Hall–Kier alpha value is -0.580. The molecule has 0 atom stereocenters. The Morgan fingerprint density at radius 3 is 2.79 bits per heavy atom. The fourth-order valence-corrected chi connectivity index (χ4v) is 3.14. The number of hydrogen-bond acceptors (Lipinski definition) is 2. The molecule has 1 aliphatic rings. The second-order valence-electron chi connectivity index (χ2n) is 4.78. The number of carbonyl (C=O) groups excluding carboxylic acids is 1. The number of amides is 1. The van der Waals surface area contributed by atoms with Crippen LogP contribution >= 0.6 is 27.5 Å². The summed E-state index contributed by atoms with van der Waals surface area (Å²) >= 11 is 9.21. The van der Waals surface area contributed by atoms with E-state index in [0.717, 1.165) is 17.4 Å². The quantitative estimate of drug-likeness (QED) is 0.830. The highest BCUT2D eigenvalue weighted by Gasteiger charge is 2.12. The normalized spacial score (nSPS) is 15.7. The van der Waals surface area contributed by atoms with E-state index >= 15 is 0 Å². The van der Waals surface area contributed by atoms with Crippen molar-refractivity contribution in [1.29, 1.82) is 0 Å². The van der Waals surface area contributed by atoms with Crippen LogP contribution in [0, 0.1) is 0 Å². The molecule has 0 spiro atoms. The third-order valence-electron chi connectivity index (χ3n) is 3.31. The highest BCUT2D eigenvalue weighted by molar-refractivity contribution is 9.10. The first-order valence-electron chi connectivity index (χ1n) is 6.62. The van der Waals surface area contributed by atoms with E-state index < -0.39 is 0 Å². The average molecular weight is 346 g/mol. The van der Waals surface area contributed by atoms with Gasteiger partial charge in [-0.05, 0) is 73.0 Å². The summed E-state index contributed by atoms with van der Waals surface area (Å²) in [5.41, 5.74) is 0.630. The predicted molar refractivity (Wildman–Crippen MR) is 81.8 cm³/mol. The molecule has 0 radical (unpaired) electrons. The van der Waals surface area contributed by atoms with E-state index in [0.29, 0.717) is 17.1 Å². The second kappa shape index (κ2) is 7.27. The molecule has 0 saturated carbocycles. The van der Waals surface area contributed by atoms with Gasteiger partial charge in [0.1, 0.15) is 0 Å². The van der Waals surface area contributed by atoms with Gasteiger partial charge < -0.3 is 10.2 Å². The highest BCUT2D eigenvalue weighted by Crippen LogP contribution is 2.21. The van der Waals surface area contributed by atoms with Gasteiger partial charge in [-0.1, -0.05) is 11.6 Å². The molecule has 0 aromatic heterocycles. The van der Waals surface area contributed by atoms with Crippen LogP contribution in [-0.4, -0.2) is 37.0 Å². The molecule has 0 unspecified atom stereocenters. The number of benzene rings is 1. The number of rotatable bonds is 5. The van der Waals surface area contributed by atoms with Gasteiger partial charge in [0.15, 0.2) is 0 Å². The minimum absolute atomic E-state index is 0.0510. The van der Waals surface area contributed by atoms with Crippen molar-refractivity contribution < 1.29 is 4.79 Å². The topological polar surface area (TPSA) is 32.3 Å². The Morgan fingerprint density at radius 2 is 2.11 bits per heavy atom. The summed E-state index contributed by atoms with van der Waals surface area (Å²) in [5, 5.41) is 3.57. The molecule has 0 bridgehead atoms.